The van der Waals surface area contributed by atoms with Crippen LogP contribution in [-0.2, 0) is 6.54 Å². The normalized spacial score (nSPS) is 11.0. The van der Waals surface area contributed by atoms with Crippen molar-refractivity contribution in [1.82, 2.24) is 24.1 Å². The number of aryl methyl sites for hydroxylation is 1. The van der Waals surface area contributed by atoms with Gasteiger partial charge in [-0.05, 0) is 37.3 Å². The van der Waals surface area contributed by atoms with Crippen molar-refractivity contribution in [3.63, 3.8) is 0 Å². The Balaban J connectivity index is 1.95. The highest BCUT2D eigenvalue weighted by Crippen LogP contribution is 2.32. The van der Waals surface area contributed by atoms with Crippen molar-refractivity contribution in [1.29, 1.82) is 5.26 Å². The van der Waals surface area contributed by atoms with E-state index in [9.17, 15) is 9.65 Å². The minimum atomic E-state index is -0.483. The zero-order valence-corrected chi connectivity index (χ0v) is 14.4. The SMILES string of the molecule is CCn1cnc(-c2ccc(F)c(Cl)c2)c1-c1ccc2ncc(C#N)n2n1. The summed E-state index contributed by atoms with van der Waals surface area (Å²) in [7, 11) is 0. The van der Waals surface area contributed by atoms with Gasteiger partial charge in [0.15, 0.2) is 11.3 Å². The van der Waals surface area contributed by atoms with Gasteiger partial charge in [-0.25, -0.2) is 18.9 Å². The van der Waals surface area contributed by atoms with Gasteiger partial charge in [0.1, 0.15) is 17.6 Å². The molecule has 128 valence electrons. The van der Waals surface area contributed by atoms with E-state index in [1.54, 1.807) is 24.5 Å². The van der Waals surface area contributed by atoms with Crippen LogP contribution in [0.4, 0.5) is 4.39 Å². The molecule has 0 saturated carbocycles. The summed E-state index contributed by atoms with van der Waals surface area (Å²) in [4.78, 5) is 8.62. The van der Waals surface area contributed by atoms with Crippen LogP contribution >= 0.6 is 11.6 Å². The predicted molar refractivity (Wildman–Crippen MR) is 95.0 cm³/mol. The van der Waals surface area contributed by atoms with Gasteiger partial charge in [-0.3, -0.25) is 0 Å². The van der Waals surface area contributed by atoms with Crippen LogP contribution in [0.25, 0.3) is 28.3 Å². The molecule has 8 heteroatoms. The third-order valence-electron chi connectivity index (χ3n) is 4.09. The number of rotatable bonds is 3. The van der Waals surface area contributed by atoms with Gasteiger partial charge in [0.25, 0.3) is 0 Å². The Hall–Kier alpha value is -3.24. The molecule has 3 aromatic heterocycles. The molecule has 0 radical (unpaired) electrons. The minimum Gasteiger partial charge on any atom is -0.329 e. The lowest BCUT2D eigenvalue weighted by molar-refractivity contribution is 0.628. The first-order chi connectivity index (χ1) is 12.6. The van der Waals surface area contributed by atoms with Crippen LogP contribution in [0.1, 0.15) is 12.6 Å². The van der Waals surface area contributed by atoms with E-state index in [2.05, 4.69) is 21.1 Å². The molecule has 0 amide bonds. The molecule has 0 saturated heterocycles. The fraction of sp³-hybridized carbons (Fsp3) is 0.111. The van der Waals surface area contributed by atoms with Crippen LogP contribution in [0.2, 0.25) is 5.02 Å². The largest absolute Gasteiger partial charge is 0.329 e. The van der Waals surface area contributed by atoms with Crippen LogP contribution in [0.15, 0.2) is 42.9 Å². The Morgan fingerprint density at radius 1 is 1.23 bits per heavy atom. The first-order valence-corrected chi connectivity index (χ1v) is 8.26. The zero-order valence-electron chi connectivity index (χ0n) is 13.7. The first-order valence-electron chi connectivity index (χ1n) is 7.88. The van der Waals surface area contributed by atoms with Crippen LogP contribution in [-0.4, -0.2) is 24.1 Å². The van der Waals surface area contributed by atoms with Gasteiger partial charge in [0.05, 0.1) is 28.9 Å². The van der Waals surface area contributed by atoms with Gasteiger partial charge in [0.2, 0.25) is 0 Å². The third kappa shape index (κ3) is 2.52. The van der Waals surface area contributed by atoms with E-state index < -0.39 is 5.82 Å². The smallest absolute Gasteiger partial charge is 0.162 e. The maximum absolute atomic E-state index is 13.5. The number of nitrogens with zero attached hydrogens (tertiary/aromatic N) is 6. The highest BCUT2D eigenvalue weighted by molar-refractivity contribution is 6.31. The van der Waals surface area contributed by atoms with Crippen molar-refractivity contribution >= 4 is 17.2 Å². The molecule has 0 N–H and O–H groups in total. The second-order valence-electron chi connectivity index (χ2n) is 5.60. The van der Waals surface area contributed by atoms with Gasteiger partial charge in [0, 0.05) is 12.1 Å². The van der Waals surface area contributed by atoms with Crippen molar-refractivity contribution in [2.45, 2.75) is 13.5 Å². The lowest BCUT2D eigenvalue weighted by atomic mass is 10.1. The monoisotopic (exact) mass is 366 g/mol. The maximum atomic E-state index is 13.5. The van der Waals surface area contributed by atoms with E-state index >= 15 is 0 Å². The first kappa shape index (κ1) is 16.2. The quantitative estimate of drug-likeness (QED) is 0.550. The number of fused-ring (bicyclic) bond motifs is 1. The van der Waals surface area contributed by atoms with E-state index in [0.29, 0.717) is 34.8 Å². The summed E-state index contributed by atoms with van der Waals surface area (Å²) >= 11 is 5.93. The molecule has 4 rings (SSSR count). The van der Waals surface area contributed by atoms with E-state index in [-0.39, 0.29) is 5.02 Å². The van der Waals surface area contributed by atoms with Crippen molar-refractivity contribution < 1.29 is 4.39 Å². The van der Waals surface area contributed by atoms with Gasteiger partial charge in [-0.1, -0.05) is 11.6 Å². The number of halogens is 2. The lowest BCUT2D eigenvalue weighted by Gasteiger charge is -2.09. The summed E-state index contributed by atoms with van der Waals surface area (Å²) in [6, 6.07) is 10.2. The molecule has 0 bridgehead atoms. The molecule has 6 nitrogen and oxygen atoms in total. The molecule has 0 aliphatic heterocycles. The van der Waals surface area contributed by atoms with Crippen molar-refractivity contribution in [3.05, 3.63) is 59.4 Å². The maximum Gasteiger partial charge on any atom is 0.162 e. The molecule has 0 atom stereocenters. The molecular formula is C18H12ClFN6. The summed E-state index contributed by atoms with van der Waals surface area (Å²) in [6.07, 6.45) is 3.18. The molecule has 4 aromatic rings. The number of benzene rings is 1. The third-order valence-corrected chi connectivity index (χ3v) is 4.38. The topological polar surface area (TPSA) is 71.8 Å². The van der Waals surface area contributed by atoms with Crippen molar-refractivity contribution in [2.75, 3.05) is 0 Å². The van der Waals surface area contributed by atoms with Crippen molar-refractivity contribution in [2.24, 2.45) is 0 Å². The van der Waals surface area contributed by atoms with Crippen LogP contribution < -0.4 is 0 Å². The minimum absolute atomic E-state index is 0.0317. The molecule has 0 fully saturated rings. The van der Waals surface area contributed by atoms with E-state index in [1.165, 1.54) is 16.8 Å². The number of hydrogen-bond acceptors (Lipinski definition) is 4. The summed E-state index contributed by atoms with van der Waals surface area (Å²) in [5.41, 5.74) is 3.64. The average molecular weight is 367 g/mol. The highest BCUT2D eigenvalue weighted by Gasteiger charge is 2.18. The number of nitriles is 1. The lowest BCUT2D eigenvalue weighted by Crippen LogP contribution is -2.02. The molecular weight excluding hydrogens is 355 g/mol. The van der Waals surface area contributed by atoms with E-state index in [4.69, 9.17) is 11.6 Å². The summed E-state index contributed by atoms with van der Waals surface area (Å²) in [6.45, 7) is 2.66. The zero-order chi connectivity index (χ0) is 18.3. The van der Waals surface area contributed by atoms with Crippen LogP contribution in [0.5, 0.6) is 0 Å². The summed E-state index contributed by atoms with van der Waals surface area (Å²) in [5, 5.41) is 13.8. The summed E-state index contributed by atoms with van der Waals surface area (Å²) in [5.74, 6) is -0.483. The van der Waals surface area contributed by atoms with Crippen molar-refractivity contribution in [3.8, 4) is 28.7 Å². The average Bonchev–Trinajstić information content (AvgIpc) is 3.26. The van der Waals surface area contributed by atoms with Gasteiger partial charge in [-0.2, -0.15) is 10.4 Å². The highest BCUT2D eigenvalue weighted by atomic mass is 35.5. The van der Waals surface area contributed by atoms with E-state index in [1.807, 2.05) is 17.6 Å². The molecule has 0 spiro atoms. The van der Waals surface area contributed by atoms with Gasteiger partial charge >= 0.3 is 0 Å². The molecule has 3 heterocycles. The van der Waals surface area contributed by atoms with Gasteiger partial charge in [-0.15, -0.1) is 0 Å². The second-order valence-corrected chi connectivity index (χ2v) is 6.01. The number of aromatic nitrogens is 5. The van der Waals surface area contributed by atoms with Crippen LogP contribution in [0.3, 0.4) is 0 Å². The molecule has 1 aromatic carbocycles. The Bertz CT molecular complexity index is 1170. The molecule has 0 unspecified atom stereocenters. The van der Waals surface area contributed by atoms with E-state index in [0.717, 1.165) is 5.69 Å². The Morgan fingerprint density at radius 2 is 2.08 bits per heavy atom. The molecule has 0 aliphatic rings. The summed E-state index contributed by atoms with van der Waals surface area (Å²) < 4.78 is 16.9. The molecule has 26 heavy (non-hydrogen) atoms. The fourth-order valence-electron chi connectivity index (χ4n) is 2.82. The predicted octanol–water partition coefficient (Wildman–Crippen LogP) is 3.94. The van der Waals surface area contributed by atoms with Gasteiger partial charge < -0.3 is 4.57 Å². The fourth-order valence-corrected chi connectivity index (χ4v) is 3.00. The Kier molecular flexibility index (Phi) is 3.90. The van der Waals surface area contributed by atoms with Crippen LogP contribution in [0, 0.1) is 17.1 Å². The molecule has 0 aliphatic carbocycles. The standard InChI is InChI=1S/C18H12ClFN6/c1-2-25-10-23-17(11-3-4-14(20)13(19)7-11)18(25)15-5-6-16-22-9-12(8-21)26(16)24-15/h3-7,9-10H,2H2,1H3. The number of hydrogen-bond donors (Lipinski definition) is 0. The Labute approximate surface area is 153 Å². The number of imidazole rings is 2. The second kappa shape index (κ2) is 6.24. The Morgan fingerprint density at radius 3 is 2.81 bits per heavy atom.